The van der Waals surface area contributed by atoms with Crippen molar-refractivity contribution in [3.63, 3.8) is 0 Å². The summed E-state index contributed by atoms with van der Waals surface area (Å²) in [4.78, 5) is 0. The number of H-pyrrole nitrogens is 1. The van der Waals surface area contributed by atoms with Gasteiger partial charge >= 0.3 is 0 Å². The van der Waals surface area contributed by atoms with Gasteiger partial charge < -0.3 is 0 Å². The Kier molecular flexibility index (Phi) is 3.01. The summed E-state index contributed by atoms with van der Waals surface area (Å²) in [6.45, 7) is 0. The summed E-state index contributed by atoms with van der Waals surface area (Å²) in [6, 6.07) is 11.7. The Labute approximate surface area is 93.7 Å². The zero-order chi connectivity index (χ0) is 11.2. The van der Waals surface area contributed by atoms with E-state index < -0.39 is 0 Å². The lowest BCUT2D eigenvalue weighted by atomic mass is 10.1. The minimum atomic E-state index is 0.266. The number of nitrogens with zero attached hydrogens (tertiary/aromatic N) is 2. The van der Waals surface area contributed by atoms with Gasteiger partial charge in [-0.2, -0.15) is 10.4 Å². The van der Waals surface area contributed by atoms with Crippen molar-refractivity contribution in [3.8, 4) is 29.2 Å². The number of nitrogens with one attached hydrogen (secondary N) is 1. The first-order valence-electron chi connectivity index (χ1n) is 4.86. The second-order valence-electron chi connectivity index (χ2n) is 3.18. The zero-order valence-electron chi connectivity index (χ0n) is 8.57. The van der Waals surface area contributed by atoms with Crippen LogP contribution in [0.3, 0.4) is 0 Å². The van der Waals surface area contributed by atoms with Crippen LogP contribution in [-0.2, 0) is 0 Å². The predicted octanol–water partition coefficient (Wildman–Crippen LogP) is 2.34. The molecule has 3 heteroatoms. The highest BCUT2D eigenvalue weighted by atomic mass is 15.1. The second-order valence-corrected chi connectivity index (χ2v) is 3.18. The molecule has 3 nitrogen and oxygen atoms in total. The minimum absolute atomic E-state index is 0.266. The molecule has 0 saturated heterocycles. The molecule has 0 aliphatic carbocycles. The molecule has 1 N–H and O–H groups in total. The molecule has 2 rings (SSSR count). The molecule has 0 bridgehead atoms. The predicted molar refractivity (Wildman–Crippen MR) is 61.1 cm³/mol. The second kappa shape index (κ2) is 4.82. The molecule has 0 radical (unpaired) electrons. The van der Waals surface area contributed by atoms with Gasteiger partial charge in [0.05, 0.1) is 18.2 Å². The number of nitriles is 1. The fourth-order valence-electron chi connectivity index (χ4n) is 1.34. The van der Waals surface area contributed by atoms with Crippen LogP contribution in [-0.4, -0.2) is 10.2 Å². The lowest BCUT2D eigenvalue weighted by Gasteiger charge is -1.96. The van der Waals surface area contributed by atoms with E-state index in [2.05, 4.69) is 22.0 Å². The fourth-order valence-corrected chi connectivity index (χ4v) is 1.34. The maximum Gasteiger partial charge on any atom is 0.0966 e. The molecule has 1 aromatic heterocycles. The van der Waals surface area contributed by atoms with E-state index in [1.165, 1.54) is 0 Å². The molecule has 0 fully saturated rings. The van der Waals surface area contributed by atoms with Crippen molar-refractivity contribution in [2.24, 2.45) is 0 Å². The van der Waals surface area contributed by atoms with E-state index in [0.29, 0.717) is 0 Å². The number of aromatic amines is 1. The van der Waals surface area contributed by atoms with Gasteiger partial charge in [0.2, 0.25) is 0 Å². The van der Waals surface area contributed by atoms with Gasteiger partial charge in [-0.25, -0.2) is 0 Å². The Bertz CT molecular complexity index is 548. The van der Waals surface area contributed by atoms with E-state index >= 15 is 0 Å². The van der Waals surface area contributed by atoms with Crippen molar-refractivity contribution in [1.29, 1.82) is 5.26 Å². The highest BCUT2D eigenvalue weighted by molar-refractivity contribution is 5.59. The molecule has 0 aliphatic heterocycles. The third-order valence-electron chi connectivity index (χ3n) is 2.10. The molecule has 0 aliphatic rings. The maximum atomic E-state index is 8.35. The van der Waals surface area contributed by atoms with Gasteiger partial charge in [-0.1, -0.05) is 24.0 Å². The van der Waals surface area contributed by atoms with Gasteiger partial charge in [0.1, 0.15) is 0 Å². The lowest BCUT2D eigenvalue weighted by molar-refractivity contribution is 1.10. The molecule has 76 valence electrons. The Morgan fingerprint density at radius 1 is 1.19 bits per heavy atom. The summed E-state index contributed by atoms with van der Waals surface area (Å²) in [6.07, 6.45) is 1.98. The molecule has 0 unspecified atom stereocenters. The molecule has 0 atom stereocenters. The Morgan fingerprint density at radius 3 is 2.62 bits per heavy atom. The van der Waals surface area contributed by atoms with Gasteiger partial charge in [-0.05, 0) is 23.8 Å². The Hall–Kier alpha value is -2.52. The average Bonchev–Trinajstić information content (AvgIpc) is 2.84. The smallest absolute Gasteiger partial charge is 0.0966 e. The van der Waals surface area contributed by atoms with Crippen LogP contribution in [0.5, 0.6) is 0 Å². The minimum Gasteiger partial charge on any atom is -0.278 e. The van der Waals surface area contributed by atoms with E-state index in [9.17, 15) is 0 Å². The van der Waals surface area contributed by atoms with Crippen LogP contribution < -0.4 is 0 Å². The standard InChI is InChI=1S/C13H9N3/c14-9-2-1-3-11-4-6-12(7-5-11)13-8-10-15-16-13/h4-8,10H,2H2,(H,15,16). The molecular formula is C13H9N3. The normalized spacial score (nSPS) is 8.94. The van der Waals surface area contributed by atoms with Gasteiger partial charge in [-0.15, -0.1) is 0 Å². The van der Waals surface area contributed by atoms with Crippen LogP contribution in [0.1, 0.15) is 12.0 Å². The van der Waals surface area contributed by atoms with Crippen LogP contribution in [0.4, 0.5) is 0 Å². The SMILES string of the molecule is N#CCC#Cc1ccc(-c2ccn[nH]2)cc1. The van der Waals surface area contributed by atoms with Crippen molar-refractivity contribution >= 4 is 0 Å². The first-order valence-corrected chi connectivity index (χ1v) is 4.86. The zero-order valence-corrected chi connectivity index (χ0v) is 8.57. The van der Waals surface area contributed by atoms with E-state index in [4.69, 9.17) is 5.26 Å². The van der Waals surface area contributed by atoms with Crippen molar-refractivity contribution in [3.05, 3.63) is 42.1 Å². The van der Waals surface area contributed by atoms with Crippen molar-refractivity contribution < 1.29 is 0 Å². The quantitative estimate of drug-likeness (QED) is 0.730. The lowest BCUT2D eigenvalue weighted by Crippen LogP contribution is -1.79. The number of benzene rings is 1. The van der Waals surface area contributed by atoms with Crippen LogP contribution in [0.15, 0.2) is 36.5 Å². The topological polar surface area (TPSA) is 52.5 Å². The van der Waals surface area contributed by atoms with Crippen LogP contribution in [0, 0.1) is 23.2 Å². The third-order valence-corrected chi connectivity index (χ3v) is 2.10. The third kappa shape index (κ3) is 2.29. The maximum absolute atomic E-state index is 8.35. The summed E-state index contributed by atoms with van der Waals surface area (Å²) < 4.78 is 0. The highest BCUT2D eigenvalue weighted by Gasteiger charge is 1.97. The van der Waals surface area contributed by atoms with E-state index in [1.807, 2.05) is 36.4 Å². The van der Waals surface area contributed by atoms with E-state index in [-0.39, 0.29) is 6.42 Å². The largest absolute Gasteiger partial charge is 0.278 e. The van der Waals surface area contributed by atoms with Crippen LogP contribution in [0.25, 0.3) is 11.3 Å². The Balaban J connectivity index is 2.19. The first-order chi connectivity index (χ1) is 7.90. The van der Waals surface area contributed by atoms with Crippen LogP contribution >= 0.6 is 0 Å². The Morgan fingerprint density at radius 2 is 2.00 bits per heavy atom. The number of rotatable bonds is 1. The highest BCUT2D eigenvalue weighted by Crippen LogP contribution is 2.15. The van der Waals surface area contributed by atoms with Crippen molar-refractivity contribution in [2.75, 3.05) is 0 Å². The monoisotopic (exact) mass is 207 g/mol. The summed E-state index contributed by atoms with van der Waals surface area (Å²) in [7, 11) is 0. The average molecular weight is 207 g/mol. The van der Waals surface area contributed by atoms with Gasteiger partial charge in [0, 0.05) is 11.8 Å². The molecule has 1 aromatic carbocycles. The van der Waals surface area contributed by atoms with Crippen molar-refractivity contribution in [2.45, 2.75) is 6.42 Å². The molecule has 2 aromatic rings. The molecule has 1 heterocycles. The first kappa shape index (κ1) is 10.0. The number of aromatic nitrogens is 2. The molecule has 0 saturated carbocycles. The molecular weight excluding hydrogens is 198 g/mol. The molecule has 16 heavy (non-hydrogen) atoms. The van der Waals surface area contributed by atoms with Crippen LogP contribution in [0.2, 0.25) is 0 Å². The van der Waals surface area contributed by atoms with Crippen molar-refractivity contribution in [1.82, 2.24) is 10.2 Å². The van der Waals surface area contributed by atoms with E-state index in [1.54, 1.807) is 6.20 Å². The summed E-state index contributed by atoms with van der Waals surface area (Å²) >= 11 is 0. The van der Waals surface area contributed by atoms with E-state index in [0.717, 1.165) is 16.8 Å². The fraction of sp³-hybridized carbons (Fsp3) is 0.0769. The molecule has 0 spiro atoms. The summed E-state index contributed by atoms with van der Waals surface area (Å²) in [5.41, 5.74) is 2.97. The van der Waals surface area contributed by atoms with Gasteiger partial charge in [0.25, 0.3) is 0 Å². The number of hydrogen-bond acceptors (Lipinski definition) is 2. The number of hydrogen-bond donors (Lipinski definition) is 1. The summed E-state index contributed by atoms with van der Waals surface area (Å²) in [5, 5.41) is 15.1. The van der Waals surface area contributed by atoms with Gasteiger partial charge in [0.15, 0.2) is 0 Å². The molecule has 0 amide bonds. The summed E-state index contributed by atoms with van der Waals surface area (Å²) in [5.74, 6) is 5.69. The van der Waals surface area contributed by atoms with Gasteiger partial charge in [-0.3, -0.25) is 5.10 Å².